The van der Waals surface area contributed by atoms with E-state index in [1.165, 1.54) is 4.31 Å². The highest BCUT2D eigenvalue weighted by Gasteiger charge is 2.46. The topological polar surface area (TPSA) is 97.5 Å². The van der Waals surface area contributed by atoms with Gasteiger partial charge in [0.15, 0.2) is 0 Å². The van der Waals surface area contributed by atoms with Crippen LogP contribution in [0, 0.1) is 5.92 Å². The van der Waals surface area contributed by atoms with Gasteiger partial charge in [0.25, 0.3) is 0 Å². The van der Waals surface area contributed by atoms with Crippen LogP contribution in [0.2, 0.25) is 0 Å². The van der Waals surface area contributed by atoms with Gasteiger partial charge in [0.1, 0.15) is 9.84 Å². The summed E-state index contributed by atoms with van der Waals surface area (Å²) in [6.07, 6.45) is 1.03. The van der Waals surface area contributed by atoms with Crippen LogP contribution in [0.3, 0.4) is 0 Å². The molecule has 0 unspecified atom stereocenters. The molecule has 0 amide bonds. The number of sulfonamides is 1. The fraction of sp³-hybridized carbons (Fsp3) is 1.00. The fourth-order valence-corrected chi connectivity index (χ4v) is 4.74. The Morgan fingerprint density at radius 2 is 1.65 bits per heavy atom. The van der Waals surface area contributed by atoms with Crippen molar-refractivity contribution in [3.8, 4) is 0 Å². The van der Waals surface area contributed by atoms with Crippen LogP contribution < -0.4 is 5.73 Å². The van der Waals surface area contributed by atoms with Gasteiger partial charge in [-0.2, -0.15) is 4.31 Å². The number of nitrogens with two attached hydrogens (primary N) is 1. The van der Waals surface area contributed by atoms with E-state index in [2.05, 4.69) is 0 Å². The van der Waals surface area contributed by atoms with Gasteiger partial charge in [-0.3, -0.25) is 0 Å². The summed E-state index contributed by atoms with van der Waals surface area (Å²) in [4.78, 5) is 0. The maximum absolute atomic E-state index is 11.8. The zero-order valence-corrected chi connectivity index (χ0v) is 12.0. The maximum Gasteiger partial charge on any atom is 0.215 e. The smallest absolute Gasteiger partial charge is 0.215 e. The molecule has 6 nitrogen and oxygen atoms in total. The molecule has 0 spiro atoms. The van der Waals surface area contributed by atoms with E-state index in [4.69, 9.17) is 5.73 Å². The van der Waals surface area contributed by atoms with E-state index in [-0.39, 0.29) is 30.5 Å². The lowest BCUT2D eigenvalue weighted by atomic mass is 9.82. The Labute approximate surface area is 103 Å². The van der Waals surface area contributed by atoms with Crippen molar-refractivity contribution in [3.63, 3.8) is 0 Å². The largest absolute Gasteiger partial charge is 0.323 e. The zero-order chi connectivity index (χ0) is 13.5. The lowest BCUT2D eigenvalue weighted by Gasteiger charge is -2.49. The zero-order valence-electron chi connectivity index (χ0n) is 10.4. The third-order valence-corrected chi connectivity index (χ3v) is 6.17. The summed E-state index contributed by atoms with van der Waals surface area (Å²) in [6, 6.07) is 0. The SMILES string of the molecule is CC(C)C1(N)CN(S(=O)(=O)CCS(C)(=O)=O)C1. The third-order valence-electron chi connectivity index (χ3n) is 3.20. The molecule has 1 fully saturated rings. The molecule has 0 radical (unpaired) electrons. The highest BCUT2D eigenvalue weighted by molar-refractivity contribution is 7.93. The molecule has 0 atom stereocenters. The minimum atomic E-state index is -3.49. The minimum Gasteiger partial charge on any atom is -0.323 e. The molecule has 1 heterocycles. The van der Waals surface area contributed by atoms with Crippen LogP contribution in [0.1, 0.15) is 13.8 Å². The van der Waals surface area contributed by atoms with Crippen molar-refractivity contribution in [2.45, 2.75) is 19.4 Å². The summed E-state index contributed by atoms with van der Waals surface area (Å²) < 4.78 is 46.7. The van der Waals surface area contributed by atoms with E-state index in [9.17, 15) is 16.8 Å². The first-order valence-electron chi connectivity index (χ1n) is 5.41. The van der Waals surface area contributed by atoms with E-state index in [0.717, 1.165) is 6.26 Å². The summed E-state index contributed by atoms with van der Waals surface area (Å²) in [7, 11) is -6.74. The van der Waals surface area contributed by atoms with Crippen LogP contribution in [0.5, 0.6) is 0 Å². The number of rotatable bonds is 5. The van der Waals surface area contributed by atoms with E-state index in [1.54, 1.807) is 0 Å². The lowest BCUT2D eigenvalue weighted by molar-refractivity contribution is 0.111. The first-order valence-corrected chi connectivity index (χ1v) is 9.08. The van der Waals surface area contributed by atoms with Crippen molar-refractivity contribution in [3.05, 3.63) is 0 Å². The second kappa shape index (κ2) is 4.49. The maximum atomic E-state index is 11.8. The van der Waals surface area contributed by atoms with E-state index < -0.39 is 25.4 Å². The Bertz CT molecular complexity index is 475. The van der Waals surface area contributed by atoms with Crippen LogP contribution in [0.15, 0.2) is 0 Å². The molecule has 1 aliphatic heterocycles. The van der Waals surface area contributed by atoms with Gasteiger partial charge < -0.3 is 5.73 Å². The van der Waals surface area contributed by atoms with Crippen LogP contribution in [0.25, 0.3) is 0 Å². The molecule has 0 aliphatic carbocycles. The van der Waals surface area contributed by atoms with Crippen LogP contribution in [-0.4, -0.2) is 57.5 Å². The van der Waals surface area contributed by atoms with Gasteiger partial charge in [-0.1, -0.05) is 13.8 Å². The number of nitrogens with zero attached hydrogens (tertiary/aromatic N) is 1. The molecule has 102 valence electrons. The predicted molar refractivity (Wildman–Crippen MR) is 66.8 cm³/mol. The highest BCUT2D eigenvalue weighted by Crippen LogP contribution is 2.28. The molecule has 0 aromatic heterocycles. The van der Waals surface area contributed by atoms with Gasteiger partial charge in [-0.05, 0) is 5.92 Å². The molecule has 0 bridgehead atoms. The van der Waals surface area contributed by atoms with Crippen LogP contribution in [0.4, 0.5) is 0 Å². The molecule has 2 N–H and O–H groups in total. The van der Waals surface area contributed by atoms with Crippen molar-refractivity contribution in [1.29, 1.82) is 0 Å². The predicted octanol–water partition coefficient (Wildman–Crippen LogP) is -0.970. The Balaban J connectivity index is 2.59. The Hall–Kier alpha value is -0.180. The summed E-state index contributed by atoms with van der Waals surface area (Å²) in [5.41, 5.74) is 5.52. The molecule has 8 heteroatoms. The third kappa shape index (κ3) is 3.64. The summed E-state index contributed by atoms with van der Waals surface area (Å²) in [5.74, 6) is -0.505. The normalized spacial score (nSPS) is 21.5. The second-order valence-electron chi connectivity index (χ2n) is 5.10. The monoisotopic (exact) mass is 284 g/mol. The van der Waals surface area contributed by atoms with Gasteiger partial charge in [0.2, 0.25) is 10.0 Å². The first kappa shape index (κ1) is 14.9. The molecule has 17 heavy (non-hydrogen) atoms. The molecule has 0 saturated carbocycles. The van der Waals surface area contributed by atoms with Gasteiger partial charge in [0.05, 0.1) is 11.5 Å². The molecular formula is C9H20N2O4S2. The lowest BCUT2D eigenvalue weighted by Crippen LogP contribution is -2.71. The molecule has 0 aromatic rings. The van der Waals surface area contributed by atoms with E-state index in [0.29, 0.717) is 0 Å². The number of sulfone groups is 1. The second-order valence-corrected chi connectivity index (χ2v) is 9.45. The first-order chi connectivity index (χ1) is 7.46. The van der Waals surface area contributed by atoms with E-state index >= 15 is 0 Å². The van der Waals surface area contributed by atoms with Crippen molar-refractivity contribution >= 4 is 19.9 Å². The van der Waals surface area contributed by atoms with Crippen LogP contribution >= 0.6 is 0 Å². The average molecular weight is 284 g/mol. The summed E-state index contributed by atoms with van der Waals surface area (Å²) in [5, 5.41) is 0. The van der Waals surface area contributed by atoms with Crippen molar-refractivity contribution in [2.24, 2.45) is 11.7 Å². The molecule has 1 saturated heterocycles. The molecular weight excluding hydrogens is 264 g/mol. The van der Waals surface area contributed by atoms with E-state index in [1.807, 2.05) is 13.8 Å². The molecule has 1 rings (SSSR count). The average Bonchev–Trinajstić information content (AvgIpc) is 2.08. The summed E-state index contributed by atoms with van der Waals surface area (Å²) >= 11 is 0. The highest BCUT2D eigenvalue weighted by atomic mass is 32.2. The summed E-state index contributed by atoms with van der Waals surface area (Å²) in [6.45, 7) is 4.44. The Kier molecular flexibility index (Phi) is 3.93. The van der Waals surface area contributed by atoms with Gasteiger partial charge in [-0.15, -0.1) is 0 Å². The number of hydrogen-bond acceptors (Lipinski definition) is 5. The quantitative estimate of drug-likeness (QED) is 0.700. The molecule has 0 aromatic carbocycles. The Morgan fingerprint density at radius 1 is 1.18 bits per heavy atom. The fourth-order valence-electron chi connectivity index (χ4n) is 1.56. The van der Waals surface area contributed by atoms with Crippen LogP contribution in [-0.2, 0) is 19.9 Å². The van der Waals surface area contributed by atoms with Gasteiger partial charge in [0, 0.05) is 24.9 Å². The van der Waals surface area contributed by atoms with Crippen molar-refractivity contribution in [2.75, 3.05) is 30.9 Å². The molecule has 1 aliphatic rings. The Morgan fingerprint density at radius 3 is 2.00 bits per heavy atom. The minimum absolute atomic E-state index is 0.198. The van der Waals surface area contributed by atoms with Crippen molar-refractivity contribution in [1.82, 2.24) is 4.31 Å². The van der Waals surface area contributed by atoms with Gasteiger partial charge >= 0.3 is 0 Å². The standard InChI is InChI=1S/C9H20N2O4S2/c1-8(2)9(10)6-11(7-9)17(14,15)5-4-16(3,12)13/h8H,4-7,10H2,1-3H3. The van der Waals surface area contributed by atoms with Gasteiger partial charge in [-0.25, -0.2) is 16.8 Å². The van der Waals surface area contributed by atoms with Crippen molar-refractivity contribution < 1.29 is 16.8 Å². The number of hydrogen-bond donors (Lipinski definition) is 1.